The summed E-state index contributed by atoms with van der Waals surface area (Å²) >= 11 is 0. The van der Waals surface area contributed by atoms with Gasteiger partial charge in [0.25, 0.3) is 0 Å². The van der Waals surface area contributed by atoms with E-state index in [1.165, 1.54) is 19.3 Å². The molecule has 0 spiro atoms. The fourth-order valence-corrected chi connectivity index (χ4v) is 2.41. The van der Waals surface area contributed by atoms with Crippen molar-refractivity contribution in [3.05, 3.63) is 18.0 Å². The highest BCUT2D eigenvalue weighted by Gasteiger charge is 2.20. The molecule has 0 radical (unpaired) electrons. The zero-order chi connectivity index (χ0) is 11.4. The summed E-state index contributed by atoms with van der Waals surface area (Å²) in [5, 5.41) is 13.8. The molecule has 0 bridgehead atoms. The van der Waals surface area contributed by atoms with E-state index in [1.807, 2.05) is 17.9 Å². The molecule has 0 aromatic carbocycles. The predicted octanol–water partition coefficient (Wildman–Crippen LogP) is 1.16. The minimum absolute atomic E-state index is 0.271. The Labute approximate surface area is 96.9 Å². The minimum Gasteiger partial charge on any atom is -0.395 e. The number of nitrogens with zero attached hydrogens (tertiary/aromatic N) is 3. The Morgan fingerprint density at radius 1 is 1.44 bits per heavy atom. The molecular weight excluding hydrogens is 202 g/mol. The molecule has 1 saturated heterocycles. The molecule has 1 aliphatic rings. The summed E-state index contributed by atoms with van der Waals surface area (Å²) in [5.41, 5.74) is 1.10. The second-order valence-corrected chi connectivity index (χ2v) is 4.64. The van der Waals surface area contributed by atoms with Gasteiger partial charge in [-0.1, -0.05) is 12.8 Å². The normalized spacial score (nSPS) is 23.2. The monoisotopic (exact) mass is 223 g/mol. The molecule has 4 heteroatoms. The Balaban J connectivity index is 1.99. The van der Waals surface area contributed by atoms with Gasteiger partial charge in [0.15, 0.2) is 0 Å². The summed E-state index contributed by atoms with van der Waals surface area (Å²) < 4.78 is 1.83. The molecule has 90 valence electrons. The molecule has 2 rings (SSSR count). The van der Waals surface area contributed by atoms with E-state index in [0.29, 0.717) is 6.04 Å². The first-order valence-corrected chi connectivity index (χ1v) is 6.13. The van der Waals surface area contributed by atoms with Crippen molar-refractivity contribution in [1.29, 1.82) is 0 Å². The van der Waals surface area contributed by atoms with E-state index in [9.17, 15) is 5.11 Å². The molecule has 1 aliphatic heterocycles. The molecule has 1 aromatic rings. The van der Waals surface area contributed by atoms with Gasteiger partial charge in [-0.25, -0.2) is 0 Å². The first kappa shape index (κ1) is 11.6. The van der Waals surface area contributed by atoms with Gasteiger partial charge in [-0.3, -0.25) is 9.58 Å². The van der Waals surface area contributed by atoms with Crippen LogP contribution in [0.3, 0.4) is 0 Å². The molecule has 1 atom stereocenters. The number of aliphatic hydroxyl groups is 1. The first-order valence-electron chi connectivity index (χ1n) is 6.13. The summed E-state index contributed by atoms with van der Waals surface area (Å²) in [4.78, 5) is 2.37. The summed E-state index contributed by atoms with van der Waals surface area (Å²) in [5.74, 6) is 0. The number of hydrogen-bond donors (Lipinski definition) is 1. The average Bonchev–Trinajstić information content (AvgIpc) is 2.56. The van der Waals surface area contributed by atoms with Gasteiger partial charge < -0.3 is 5.11 Å². The number of hydrogen-bond acceptors (Lipinski definition) is 3. The van der Waals surface area contributed by atoms with Crippen LogP contribution in [0.25, 0.3) is 0 Å². The Hall–Kier alpha value is -0.870. The molecule has 1 N–H and O–H groups in total. The Kier molecular flexibility index (Phi) is 3.96. The third kappa shape index (κ3) is 2.83. The van der Waals surface area contributed by atoms with E-state index < -0.39 is 0 Å². The van der Waals surface area contributed by atoms with Crippen molar-refractivity contribution in [3.63, 3.8) is 0 Å². The summed E-state index contributed by atoms with van der Waals surface area (Å²) in [6.45, 7) is 2.22. The lowest BCUT2D eigenvalue weighted by molar-refractivity contribution is 0.117. The first-order chi connectivity index (χ1) is 7.79. The van der Waals surface area contributed by atoms with Crippen LogP contribution in [0, 0.1) is 0 Å². The molecule has 1 fully saturated rings. The highest BCUT2D eigenvalue weighted by molar-refractivity contribution is 4.99. The Morgan fingerprint density at radius 3 is 3.00 bits per heavy atom. The standard InChI is InChI=1S/C12H21N3O/c1-14-8-6-11(13-14)9-15-7-4-2-3-5-12(15)10-16/h6,8,12,16H,2-5,7,9-10H2,1H3. The van der Waals surface area contributed by atoms with E-state index in [2.05, 4.69) is 16.1 Å². The van der Waals surface area contributed by atoms with E-state index in [0.717, 1.165) is 25.2 Å². The molecule has 0 saturated carbocycles. The van der Waals surface area contributed by atoms with Crippen molar-refractivity contribution >= 4 is 0 Å². The maximum atomic E-state index is 9.40. The van der Waals surface area contributed by atoms with Gasteiger partial charge in [-0.15, -0.1) is 0 Å². The van der Waals surface area contributed by atoms with Crippen LogP contribution >= 0.6 is 0 Å². The molecule has 2 heterocycles. The van der Waals surface area contributed by atoms with Crippen molar-refractivity contribution in [2.75, 3.05) is 13.2 Å². The van der Waals surface area contributed by atoms with E-state index in [-0.39, 0.29) is 6.61 Å². The van der Waals surface area contributed by atoms with Crippen LogP contribution in [-0.4, -0.2) is 39.0 Å². The summed E-state index contributed by atoms with van der Waals surface area (Å²) in [6.07, 6.45) is 6.85. The van der Waals surface area contributed by atoms with Gasteiger partial charge in [0.2, 0.25) is 0 Å². The number of aromatic nitrogens is 2. The van der Waals surface area contributed by atoms with Crippen LogP contribution in [0.15, 0.2) is 12.3 Å². The maximum absolute atomic E-state index is 9.40. The van der Waals surface area contributed by atoms with Crippen molar-refractivity contribution < 1.29 is 5.11 Å². The van der Waals surface area contributed by atoms with Crippen LogP contribution in [0.4, 0.5) is 0 Å². The van der Waals surface area contributed by atoms with Crippen LogP contribution in [0.1, 0.15) is 31.4 Å². The highest BCUT2D eigenvalue weighted by atomic mass is 16.3. The average molecular weight is 223 g/mol. The number of aryl methyl sites for hydroxylation is 1. The van der Waals surface area contributed by atoms with Crippen LogP contribution in [0.2, 0.25) is 0 Å². The highest BCUT2D eigenvalue weighted by Crippen LogP contribution is 2.18. The zero-order valence-electron chi connectivity index (χ0n) is 9.97. The van der Waals surface area contributed by atoms with E-state index >= 15 is 0 Å². The smallest absolute Gasteiger partial charge is 0.0764 e. The SMILES string of the molecule is Cn1ccc(CN2CCCCCC2CO)n1. The van der Waals surface area contributed by atoms with Gasteiger partial charge in [0.05, 0.1) is 12.3 Å². The largest absolute Gasteiger partial charge is 0.395 e. The van der Waals surface area contributed by atoms with E-state index in [1.54, 1.807) is 0 Å². The molecular formula is C12H21N3O. The third-order valence-corrected chi connectivity index (χ3v) is 3.34. The van der Waals surface area contributed by atoms with Gasteiger partial charge in [0, 0.05) is 25.8 Å². The molecule has 4 nitrogen and oxygen atoms in total. The van der Waals surface area contributed by atoms with Crippen molar-refractivity contribution in [3.8, 4) is 0 Å². The van der Waals surface area contributed by atoms with Crippen LogP contribution < -0.4 is 0 Å². The lowest BCUT2D eigenvalue weighted by Crippen LogP contribution is -2.37. The topological polar surface area (TPSA) is 41.3 Å². The molecule has 1 aromatic heterocycles. The Morgan fingerprint density at radius 2 is 2.31 bits per heavy atom. The number of rotatable bonds is 3. The zero-order valence-corrected chi connectivity index (χ0v) is 9.97. The quantitative estimate of drug-likeness (QED) is 0.836. The van der Waals surface area contributed by atoms with Gasteiger partial charge in [0.1, 0.15) is 0 Å². The maximum Gasteiger partial charge on any atom is 0.0764 e. The van der Waals surface area contributed by atoms with Crippen LogP contribution in [-0.2, 0) is 13.6 Å². The predicted molar refractivity (Wildman–Crippen MR) is 63.0 cm³/mol. The lowest BCUT2D eigenvalue weighted by Gasteiger charge is -2.27. The minimum atomic E-state index is 0.271. The van der Waals surface area contributed by atoms with E-state index in [4.69, 9.17) is 0 Å². The third-order valence-electron chi connectivity index (χ3n) is 3.34. The van der Waals surface area contributed by atoms with Gasteiger partial charge in [-0.2, -0.15) is 5.10 Å². The number of likely N-dealkylation sites (tertiary alicyclic amines) is 1. The molecule has 1 unspecified atom stereocenters. The second-order valence-electron chi connectivity index (χ2n) is 4.64. The second kappa shape index (κ2) is 5.46. The molecule has 0 amide bonds. The fraction of sp³-hybridized carbons (Fsp3) is 0.750. The fourth-order valence-electron chi connectivity index (χ4n) is 2.41. The van der Waals surface area contributed by atoms with Gasteiger partial charge >= 0.3 is 0 Å². The van der Waals surface area contributed by atoms with Crippen LogP contribution in [0.5, 0.6) is 0 Å². The van der Waals surface area contributed by atoms with Gasteiger partial charge in [-0.05, 0) is 25.5 Å². The summed E-state index contributed by atoms with van der Waals surface area (Å²) in [6, 6.07) is 2.38. The lowest BCUT2D eigenvalue weighted by atomic mass is 10.1. The summed E-state index contributed by atoms with van der Waals surface area (Å²) in [7, 11) is 1.94. The molecule has 16 heavy (non-hydrogen) atoms. The number of aliphatic hydroxyl groups excluding tert-OH is 1. The molecule has 0 aliphatic carbocycles. The van der Waals surface area contributed by atoms with Crippen molar-refractivity contribution in [1.82, 2.24) is 14.7 Å². The van der Waals surface area contributed by atoms with Crippen molar-refractivity contribution in [2.24, 2.45) is 7.05 Å². The Bertz CT molecular complexity index is 324. The van der Waals surface area contributed by atoms with Crippen molar-refractivity contribution in [2.45, 2.75) is 38.3 Å².